The molecule has 1 fully saturated rings. The monoisotopic (exact) mass is 486 g/mol. The third-order valence-corrected chi connectivity index (χ3v) is 8.16. The Bertz CT molecular complexity index is 1260. The number of phenols is 1. The van der Waals surface area contributed by atoms with Crippen LogP contribution < -0.4 is 5.56 Å². The first-order valence-electron chi connectivity index (χ1n) is 10.7. The summed E-state index contributed by atoms with van der Waals surface area (Å²) in [5.74, 6) is 0.730. The fraction of sp³-hybridized carbons (Fsp3) is 0.391. The van der Waals surface area contributed by atoms with Crippen LogP contribution in [0.3, 0.4) is 0 Å². The number of carbonyl (C=O) groups excluding carboxylic acids is 2. The minimum Gasteiger partial charge on any atom is -0.507 e. The van der Waals surface area contributed by atoms with Gasteiger partial charge in [-0.3, -0.25) is 14.4 Å². The molecule has 3 heterocycles. The lowest BCUT2D eigenvalue weighted by Crippen LogP contribution is -2.52. The molecule has 2 amide bonds. The number of benzene rings is 1. The molecule has 1 unspecified atom stereocenters. The second-order valence-corrected chi connectivity index (χ2v) is 10.6. The number of hydrogen-bond donors (Lipinski definition) is 2. The lowest BCUT2D eigenvalue weighted by molar-refractivity contribution is -0.131. The number of nitrogens with one attached hydrogen (secondary N) is 1. The fourth-order valence-corrected chi connectivity index (χ4v) is 5.74. The topological polar surface area (TPSA) is 107 Å². The van der Waals surface area contributed by atoms with Gasteiger partial charge in [-0.1, -0.05) is 12.1 Å². The van der Waals surface area contributed by atoms with Crippen LogP contribution >= 0.6 is 23.1 Å². The normalized spacial score (nSPS) is 15.1. The predicted octanol–water partition coefficient (Wildman–Crippen LogP) is 2.91. The number of phenolic OH excluding ortho intramolecular Hbond substituents is 1. The Hall–Kier alpha value is -2.85. The van der Waals surface area contributed by atoms with E-state index in [1.165, 1.54) is 29.2 Å². The Labute approximate surface area is 199 Å². The van der Waals surface area contributed by atoms with E-state index in [0.29, 0.717) is 43.1 Å². The SMILES string of the molecule is Cc1sc2nc(CSC(C)C(=O)N3CCN(C(=O)c4ccccc4O)CC3)[nH]c(=O)c2c1C. The molecule has 1 aliphatic heterocycles. The zero-order chi connectivity index (χ0) is 23.7. The lowest BCUT2D eigenvalue weighted by atomic mass is 10.1. The molecule has 0 spiro atoms. The summed E-state index contributed by atoms with van der Waals surface area (Å²) in [6.07, 6.45) is 0. The average molecular weight is 487 g/mol. The van der Waals surface area contributed by atoms with Crippen LogP contribution in [0.2, 0.25) is 0 Å². The van der Waals surface area contributed by atoms with Crippen LogP contribution in [0.4, 0.5) is 0 Å². The zero-order valence-electron chi connectivity index (χ0n) is 18.8. The molecular formula is C23H26N4O4S2. The van der Waals surface area contributed by atoms with Crippen molar-refractivity contribution in [1.82, 2.24) is 19.8 Å². The number of thioether (sulfide) groups is 1. The van der Waals surface area contributed by atoms with Crippen LogP contribution in [0.1, 0.15) is 33.5 Å². The number of aromatic nitrogens is 2. The van der Waals surface area contributed by atoms with Gasteiger partial charge >= 0.3 is 0 Å². The highest BCUT2D eigenvalue weighted by Gasteiger charge is 2.28. The second-order valence-electron chi connectivity index (χ2n) is 8.06. The first kappa shape index (κ1) is 23.3. The number of piperazine rings is 1. The molecule has 4 rings (SSSR count). The smallest absolute Gasteiger partial charge is 0.259 e. The summed E-state index contributed by atoms with van der Waals surface area (Å²) in [5.41, 5.74) is 1.10. The van der Waals surface area contributed by atoms with Gasteiger partial charge in [0.05, 0.1) is 22.0 Å². The minimum atomic E-state index is -0.307. The largest absolute Gasteiger partial charge is 0.507 e. The number of hydrogen-bond acceptors (Lipinski definition) is 7. The molecular weight excluding hydrogens is 460 g/mol. The maximum atomic E-state index is 12.9. The molecule has 33 heavy (non-hydrogen) atoms. The third kappa shape index (κ3) is 4.77. The Morgan fingerprint density at radius 1 is 1.18 bits per heavy atom. The number of rotatable bonds is 5. The van der Waals surface area contributed by atoms with Crippen LogP contribution in [0.5, 0.6) is 5.75 Å². The number of H-pyrrole nitrogens is 1. The number of aromatic amines is 1. The second kappa shape index (κ2) is 9.56. The highest BCUT2D eigenvalue weighted by Crippen LogP contribution is 2.27. The van der Waals surface area contributed by atoms with Crippen LogP contribution in [-0.2, 0) is 10.5 Å². The number of aryl methyl sites for hydroxylation is 2. The molecule has 8 nitrogen and oxygen atoms in total. The van der Waals surface area contributed by atoms with E-state index in [9.17, 15) is 19.5 Å². The van der Waals surface area contributed by atoms with E-state index >= 15 is 0 Å². The highest BCUT2D eigenvalue weighted by atomic mass is 32.2. The maximum Gasteiger partial charge on any atom is 0.259 e. The Balaban J connectivity index is 1.33. The molecule has 0 radical (unpaired) electrons. The van der Waals surface area contributed by atoms with Gasteiger partial charge in [0.15, 0.2) is 0 Å². The van der Waals surface area contributed by atoms with Gasteiger partial charge in [0.25, 0.3) is 11.5 Å². The molecule has 0 saturated carbocycles. The zero-order valence-corrected chi connectivity index (χ0v) is 20.4. The standard InChI is InChI=1S/C23H26N4O4S2/c1-13-14(2)33-21-19(13)20(29)24-18(25-21)12-32-15(3)22(30)26-8-10-27(11-9-26)23(31)16-6-4-5-7-17(16)28/h4-7,15,28H,8-12H2,1-3H3,(H,24,25,29). The minimum absolute atomic E-state index is 0.000829. The van der Waals surface area contributed by atoms with Gasteiger partial charge in [0.1, 0.15) is 16.4 Å². The lowest BCUT2D eigenvalue weighted by Gasteiger charge is -2.36. The number of nitrogens with zero attached hydrogens (tertiary/aromatic N) is 3. The van der Waals surface area contributed by atoms with E-state index in [2.05, 4.69) is 9.97 Å². The maximum absolute atomic E-state index is 12.9. The highest BCUT2D eigenvalue weighted by molar-refractivity contribution is 7.99. The first-order valence-corrected chi connectivity index (χ1v) is 12.6. The summed E-state index contributed by atoms with van der Waals surface area (Å²) in [7, 11) is 0. The Kier molecular flexibility index (Phi) is 6.76. The van der Waals surface area contributed by atoms with Crippen molar-refractivity contribution in [1.29, 1.82) is 0 Å². The van der Waals surface area contributed by atoms with Gasteiger partial charge in [-0.15, -0.1) is 23.1 Å². The van der Waals surface area contributed by atoms with E-state index in [4.69, 9.17) is 0 Å². The number of aromatic hydroxyl groups is 1. The van der Waals surface area contributed by atoms with Gasteiger partial charge in [-0.25, -0.2) is 4.98 Å². The molecule has 2 aromatic heterocycles. The van der Waals surface area contributed by atoms with E-state index in [1.807, 2.05) is 20.8 Å². The summed E-state index contributed by atoms with van der Waals surface area (Å²) in [5, 5.41) is 10.3. The van der Waals surface area contributed by atoms with E-state index in [1.54, 1.807) is 28.0 Å². The van der Waals surface area contributed by atoms with Gasteiger partial charge in [0, 0.05) is 31.1 Å². The van der Waals surface area contributed by atoms with Crippen LogP contribution in [0, 0.1) is 13.8 Å². The van der Waals surface area contributed by atoms with E-state index in [0.717, 1.165) is 15.3 Å². The van der Waals surface area contributed by atoms with Gasteiger partial charge < -0.3 is 19.9 Å². The quantitative estimate of drug-likeness (QED) is 0.574. The molecule has 0 bridgehead atoms. The van der Waals surface area contributed by atoms with Gasteiger partial charge in [-0.2, -0.15) is 0 Å². The molecule has 10 heteroatoms. The molecule has 1 aliphatic rings. The van der Waals surface area contributed by atoms with Crippen LogP contribution in [0.25, 0.3) is 10.2 Å². The molecule has 1 aromatic carbocycles. The number of fused-ring (bicyclic) bond motifs is 1. The van der Waals surface area contributed by atoms with Crippen molar-refractivity contribution in [2.75, 3.05) is 26.2 Å². The fourth-order valence-electron chi connectivity index (χ4n) is 3.85. The Morgan fingerprint density at radius 3 is 2.55 bits per heavy atom. The summed E-state index contributed by atoms with van der Waals surface area (Å²) in [6, 6.07) is 6.48. The molecule has 174 valence electrons. The van der Waals surface area contributed by atoms with Crippen molar-refractivity contribution in [3.63, 3.8) is 0 Å². The summed E-state index contributed by atoms with van der Waals surface area (Å²) >= 11 is 2.94. The van der Waals surface area contributed by atoms with Crippen molar-refractivity contribution in [3.8, 4) is 5.75 Å². The predicted molar refractivity (Wildman–Crippen MR) is 131 cm³/mol. The Morgan fingerprint density at radius 2 is 1.85 bits per heavy atom. The third-order valence-electron chi connectivity index (χ3n) is 5.92. The number of thiophene rings is 1. The number of carbonyl (C=O) groups is 2. The van der Waals surface area contributed by atoms with Gasteiger partial charge in [0.2, 0.25) is 5.91 Å². The molecule has 1 saturated heterocycles. The summed E-state index contributed by atoms with van der Waals surface area (Å²) in [4.78, 5) is 50.7. The molecule has 0 aliphatic carbocycles. The van der Waals surface area contributed by atoms with Crippen molar-refractivity contribution in [3.05, 3.63) is 56.4 Å². The van der Waals surface area contributed by atoms with Gasteiger partial charge in [-0.05, 0) is 38.5 Å². The van der Waals surface area contributed by atoms with Crippen molar-refractivity contribution < 1.29 is 14.7 Å². The molecule has 1 atom stereocenters. The summed E-state index contributed by atoms with van der Waals surface area (Å²) < 4.78 is 0. The van der Waals surface area contributed by atoms with Crippen molar-refractivity contribution >= 4 is 45.1 Å². The number of amides is 2. The van der Waals surface area contributed by atoms with Crippen molar-refractivity contribution in [2.24, 2.45) is 0 Å². The average Bonchev–Trinajstić information content (AvgIpc) is 3.10. The molecule has 2 N–H and O–H groups in total. The van der Waals surface area contributed by atoms with E-state index < -0.39 is 0 Å². The first-order chi connectivity index (χ1) is 15.8. The van der Waals surface area contributed by atoms with Crippen LogP contribution in [-0.4, -0.2) is 68.1 Å². The van der Waals surface area contributed by atoms with E-state index in [-0.39, 0.29) is 33.9 Å². The molecule has 3 aromatic rings. The van der Waals surface area contributed by atoms with Crippen molar-refractivity contribution in [2.45, 2.75) is 31.8 Å². The van der Waals surface area contributed by atoms with Crippen LogP contribution in [0.15, 0.2) is 29.1 Å². The summed E-state index contributed by atoms with van der Waals surface area (Å²) in [6.45, 7) is 7.47. The number of para-hydroxylation sites is 1.